The largest absolute Gasteiger partial charge is 0.580 e. The summed E-state index contributed by atoms with van der Waals surface area (Å²) in [5.41, 5.74) is 0. The number of quaternary nitrogens is 1. The van der Waals surface area contributed by atoms with Gasteiger partial charge in [-0.05, 0) is 0 Å². The van der Waals surface area contributed by atoms with Crippen molar-refractivity contribution in [3.63, 3.8) is 0 Å². The third-order valence-corrected chi connectivity index (χ3v) is 7.07. The van der Waals surface area contributed by atoms with Crippen LogP contribution < -0.4 is 4.72 Å². The van der Waals surface area contributed by atoms with Crippen molar-refractivity contribution in [1.29, 1.82) is 0 Å². The standard InChI is InChI=1S/C14HF32N2O2S/c15-1(16,3(19,20)5(23,24)8(29,30)31)2(17,18)4(21,22)6(25,26)11(37,38)51(49,50)47-14(45,46)48(12(39,40)41,13(42,43)44)10(35,36)7(27,28)9(32,33)34/h47H/q+1. The fourth-order valence-electron chi connectivity index (χ4n) is 2.95. The molecule has 0 rings (SSSR count). The Hall–Kier alpha value is -2.37. The van der Waals surface area contributed by atoms with Crippen LogP contribution in [0.3, 0.4) is 0 Å². The Morgan fingerprint density at radius 2 is 0.569 bits per heavy atom. The van der Waals surface area contributed by atoms with E-state index in [1.165, 1.54) is 0 Å². The van der Waals surface area contributed by atoms with E-state index in [0.29, 0.717) is 0 Å². The van der Waals surface area contributed by atoms with E-state index in [2.05, 4.69) is 0 Å². The van der Waals surface area contributed by atoms with Crippen molar-refractivity contribution in [2.45, 2.75) is 83.9 Å². The molecule has 0 aliphatic carbocycles. The molecule has 37 heteroatoms. The van der Waals surface area contributed by atoms with Gasteiger partial charge >= 0.3 is 83.9 Å². The molecule has 0 saturated heterocycles. The predicted molar refractivity (Wildman–Crippen MR) is 86.0 cm³/mol. The molecule has 0 aliphatic heterocycles. The van der Waals surface area contributed by atoms with Gasteiger partial charge in [-0.2, -0.15) is 96.6 Å². The second-order valence-corrected chi connectivity index (χ2v) is 10.6. The molecular formula is C14HF32N2O2S+. The summed E-state index contributed by atoms with van der Waals surface area (Å²) in [4.78, 5) is 0. The van der Waals surface area contributed by atoms with Crippen LogP contribution in [0.15, 0.2) is 0 Å². The predicted octanol–water partition coefficient (Wildman–Crippen LogP) is 9.07. The average molecular weight is 869 g/mol. The summed E-state index contributed by atoms with van der Waals surface area (Å²) in [6.45, 7) is 0. The van der Waals surface area contributed by atoms with E-state index in [-0.39, 0.29) is 0 Å². The van der Waals surface area contributed by atoms with E-state index in [0.717, 1.165) is 0 Å². The Bertz CT molecular complexity index is 1380. The van der Waals surface area contributed by atoms with Gasteiger partial charge in [0.15, 0.2) is 0 Å². The molecule has 0 fully saturated rings. The Balaban J connectivity index is 8.00. The minimum atomic E-state index is -10.2. The molecule has 0 atom stereocenters. The summed E-state index contributed by atoms with van der Waals surface area (Å²) in [5.74, 6) is -66.6. The molecule has 0 aromatic heterocycles. The number of sulfonamides is 1. The lowest BCUT2D eigenvalue weighted by Gasteiger charge is -2.47. The van der Waals surface area contributed by atoms with E-state index >= 15 is 0 Å². The van der Waals surface area contributed by atoms with Crippen molar-refractivity contribution in [3.8, 4) is 0 Å². The SMILES string of the molecule is O=S(=O)(NC(F)(F)[N+](C(F)(F)F)(C(F)(F)F)C(F)(F)C(F)(F)C(F)(F)F)C(F)(F)C(F)(F)C(F)(F)C(F)(F)C(F)(F)C(F)(F)C(F)(F)C(F)(F)F. The molecule has 0 aliphatic rings. The highest BCUT2D eigenvalue weighted by Gasteiger charge is 3.02. The number of rotatable bonds is 12. The zero-order chi connectivity index (χ0) is 42.7. The highest BCUT2D eigenvalue weighted by Crippen LogP contribution is 2.66. The number of hydrogen-bond acceptors (Lipinski definition) is 2. The first-order chi connectivity index (χ1) is 21.2. The van der Waals surface area contributed by atoms with Gasteiger partial charge in [0.25, 0.3) is 10.0 Å². The van der Waals surface area contributed by atoms with Crippen LogP contribution in [-0.2, 0) is 10.0 Å². The lowest BCUT2D eigenvalue weighted by molar-refractivity contribution is -1.22. The second-order valence-electron chi connectivity index (χ2n) is 8.83. The van der Waals surface area contributed by atoms with Gasteiger partial charge in [0.2, 0.25) is 0 Å². The molecule has 0 aromatic rings. The fourth-order valence-corrected chi connectivity index (χ4v) is 4.00. The number of hydrogen-bond donors (Lipinski definition) is 1. The van der Waals surface area contributed by atoms with Gasteiger partial charge in [-0.25, -0.2) is 8.42 Å². The molecule has 4 nitrogen and oxygen atoms in total. The normalized spacial score (nSPS) is 17.3. The Labute approximate surface area is 253 Å². The summed E-state index contributed by atoms with van der Waals surface area (Å²) < 4.78 is 434. The summed E-state index contributed by atoms with van der Waals surface area (Å²) in [6, 6.07) is -9.89. The van der Waals surface area contributed by atoms with Crippen molar-refractivity contribution in [2.24, 2.45) is 0 Å². The van der Waals surface area contributed by atoms with E-state index in [1.807, 2.05) is 0 Å². The van der Waals surface area contributed by atoms with Crippen molar-refractivity contribution in [1.82, 2.24) is 4.72 Å². The van der Waals surface area contributed by atoms with E-state index in [9.17, 15) is 149 Å². The van der Waals surface area contributed by atoms with Crippen molar-refractivity contribution >= 4 is 10.0 Å². The van der Waals surface area contributed by atoms with Crippen LogP contribution in [0.4, 0.5) is 140 Å². The zero-order valence-corrected chi connectivity index (χ0v) is 22.1. The molecule has 0 radical (unpaired) electrons. The molecule has 51 heavy (non-hydrogen) atoms. The average Bonchev–Trinajstić information content (AvgIpc) is 2.78. The lowest BCUT2D eigenvalue weighted by atomic mass is 9.91. The lowest BCUT2D eigenvalue weighted by Crippen LogP contribution is -2.88. The second kappa shape index (κ2) is 11.6. The van der Waals surface area contributed by atoms with Crippen LogP contribution in [0, 0.1) is 0 Å². The van der Waals surface area contributed by atoms with Gasteiger partial charge in [-0.3, -0.25) is 0 Å². The van der Waals surface area contributed by atoms with Crippen LogP contribution in [0.25, 0.3) is 0 Å². The smallest absolute Gasteiger partial charge is 0.205 e. The third-order valence-electron chi connectivity index (χ3n) is 5.62. The van der Waals surface area contributed by atoms with Gasteiger partial charge in [0.05, 0.1) is 0 Å². The number of alkyl halides is 32. The first-order valence-electron chi connectivity index (χ1n) is 10.2. The number of nitrogens with zero attached hydrogens (tertiary/aromatic N) is 1. The van der Waals surface area contributed by atoms with Crippen LogP contribution in [0.2, 0.25) is 0 Å². The van der Waals surface area contributed by atoms with E-state index < -0.39 is 103 Å². The quantitative estimate of drug-likeness (QED) is 0.0922. The molecule has 0 spiro atoms. The van der Waals surface area contributed by atoms with Gasteiger partial charge in [-0.1, -0.05) is 4.72 Å². The molecule has 0 bridgehead atoms. The van der Waals surface area contributed by atoms with Crippen molar-refractivity contribution in [2.75, 3.05) is 0 Å². The molecule has 308 valence electrons. The maximum Gasteiger partial charge on any atom is 0.580 e. The summed E-state index contributed by atoms with van der Waals surface area (Å²) in [7, 11) is -10.2. The molecule has 0 unspecified atom stereocenters. The summed E-state index contributed by atoms with van der Waals surface area (Å²) in [5, 5.41) is -9.57. The molecule has 0 heterocycles. The molecule has 0 saturated carbocycles. The first kappa shape index (κ1) is 48.6. The summed E-state index contributed by atoms with van der Waals surface area (Å²) >= 11 is 0. The number of halogens is 32. The summed E-state index contributed by atoms with van der Waals surface area (Å²) in [6.07, 6.45) is -45.6. The van der Waals surface area contributed by atoms with Crippen LogP contribution in [0.1, 0.15) is 0 Å². The Morgan fingerprint density at radius 1 is 0.333 bits per heavy atom. The van der Waals surface area contributed by atoms with Crippen LogP contribution in [0.5, 0.6) is 0 Å². The van der Waals surface area contributed by atoms with Crippen molar-refractivity contribution < 1.29 is 153 Å². The monoisotopic (exact) mass is 869 g/mol. The molecule has 0 amide bonds. The van der Waals surface area contributed by atoms with Gasteiger partial charge in [0.1, 0.15) is 0 Å². The maximum absolute atomic E-state index is 14.2. The van der Waals surface area contributed by atoms with E-state index in [1.54, 1.807) is 0 Å². The zero-order valence-electron chi connectivity index (χ0n) is 21.3. The third kappa shape index (κ3) is 5.90. The van der Waals surface area contributed by atoms with Gasteiger partial charge in [-0.15, -0.1) is 43.9 Å². The maximum atomic E-state index is 14.2. The molecule has 0 aromatic carbocycles. The minimum absolute atomic E-state index is 2.82. The topological polar surface area (TPSA) is 46.2 Å². The number of nitrogens with one attached hydrogen (secondary N) is 1. The van der Waals surface area contributed by atoms with Gasteiger partial charge < -0.3 is 0 Å². The Morgan fingerprint density at radius 3 is 0.804 bits per heavy atom. The van der Waals surface area contributed by atoms with Crippen LogP contribution >= 0.6 is 0 Å². The Kier molecular flexibility index (Phi) is 11.0. The van der Waals surface area contributed by atoms with Crippen LogP contribution in [-0.4, -0.2) is 96.8 Å². The molecular weight excluding hydrogens is 868 g/mol. The van der Waals surface area contributed by atoms with Gasteiger partial charge in [0, 0.05) is 4.48 Å². The van der Waals surface area contributed by atoms with E-state index in [4.69, 9.17) is 0 Å². The first-order valence-corrected chi connectivity index (χ1v) is 11.7. The fraction of sp³-hybridized carbons (Fsp3) is 1.00. The highest BCUT2D eigenvalue weighted by atomic mass is 32.2. The highest BCUT2D eigenvalue weighted by molar-refractivity contribution is 7.90. The minimum Gasteiger partial charge on any atom is -0.205 e. The van der Waals surface area contributed by atoms with Crippen molar-refractivity contribution in [3.05, 3.63) is 0 Å². The molecule has 1 N–H and O–H groups in total.